The average molecular weight is 245 g/mol. The maximum Gasteiger partial charge on any atom is 0.217 e. The molecular formula is C15H21N2O. The average Bonchev–Trinajstić information content (AvgIpc) is 2.37. The van der Waals surface area contributed by atoms with Gasteiger partial charge in [0.05, 0.1) is 0 Å². The zero-order valence-corrected chi connectivity index (χ0v) is 10.9. The Hall–Kier alpha value is -1.35. The summed E-state index contributed by atoms with van der Waals surface area (Å²) < 4.78 is 0. The molecule has 1 unspecified atom stereocenters. The SMILES string of the molecule is CC(=O)NC1[CH]CCN(CCc2ccccc2)C1. The van der Waals surface area contributed by atoms with E-state index in [-0.39, 0.29) is 11.9 Å². The van der Waals surface area contributed by atoms with Crippen molar-refractivity contribution >= 4 is 5.91 Å². The lowest BCUT2D eigenvalue weighted by Gasteiger charge is -2.32. The van der Waals surface area contributed by atoms with Crippen molar-refractivity contribution in [2.75, 3.05) is 19.6 Å². The Kier molecular flexibility index (Phi) is 4.76. The van der Waals surface area contributed by atoms with Gasteiger partial charge in [0.1, 0.15) is 0 Å². The van der Waals surface area contributed by atoms with Gasteiger partial charge in [0.2, 0.25) is 5.91 Å². The first-order valence-electron chi connectivity index (χ1n) is 6.61. The van der Waals surface area contributed by atoms with E-state index < -0.39 is 0 Å². The molecule has 1 N–H and O–H groups in total. The molecule has 1 radical (unpaired) electrons. The molecule has 0 saturated carbocycles. The van der Waals surface area contributed by atoms with Crippen LogP contribution in [0, 0.1) is 6.42 Å². The number of rotatable bonds is 4. The van der Waals surface area contributed by atoms with Crippen LogP contribution in [0.15, 0.2) is 30.3 Å². The van der Waals surface area contributed by atoms with E-state index in [0.717, 1.165) is 32.5 Å². The van der Waals surface area contributed by atoms with E-state index in [4.69, 9.17) is 0 Å². The fraction of sp³-hybridized carbons (Fsp3) is 0.467. The molecule has 0 spiro atoms. The molecule has 2 rings (SSSR count). The van der Waals surface area contributed by atoms with Gasteiger partial charge >= 0.3 is 0 Å². The first-order valence-corrected chi connectivity index (χ1v) is 6.61. The Morgan fingerprint density at radius 2 is 2.17 bits per heavy atom. The quantitative estimate of drug-likeness (QED) is 0.874. The summed E-state index contributed by atoms with van der Waals surface area (Å²) >= 11 is 0. The van der Waals surface area contributed by atoms with Crippen LogP contribution in [0.2, 0.25) is 0 Å². The van der Waals surface area contributed by atoms with Crippen LogP contribution in [0.1, 0.15) is 18.9 Å². The number of piperidine rings is 1. The van der Waals surface area contributed by atoms with E-state index >= 15 is 0 Å². The van der Waals surface area contributed by atoms with Crippen LogP contribution >= 0.6 is 0 Å². The van der Waals surface area contributed by atoms with Crippen LogP contribution in [0.4, 0.5) is 0 Å². The second-order valence-corrected chi connectivity index (χ2v) is 4.87. The molecule has 1 aromatic rings. The molecule has 3 nitrogen and oxygen atoms in total. The Labute approximate surface area is 109 Å². The van der Waals surface area contributed by atoms with Gasteiger partial charge in [-0.15, -0.1) is 0 Å². The summed E-state index contributed by atoms with van der Waals surface area (Å²) in [4.78, 5) is 13.5. The summed E-state index contributed by atoms with van der Waals surface area (Å²) in [5.41, 5.74) is 1.38. The lowest BCUT2D eigenvalue weighted by atomic mass is 10.0. The summed E-state index contributed by atoms with van der Waals surface area (Å²) in [6, 6.07) is 10.8. The molecule has 1 aromatic carbocycles. The summed E-state index contributed by atoms with van der Waals surface area (Å²) in [5, 5.41) is 2.97. The number of hydrogen-bond acceptors (Lipinski definition) is 2. The lowest BCUT2D eigenvalue weighted by Crippen LogP contribution is -2.47. The highest BCUT2D eigenvalue weighted by Gasteiger charge is 2.20. The molecule has 18 heavy (non-hydrogen) atoms. The number of benzene rings is 1. The van der Waals surface area contributed by atoms with E-state index in [1.54, 1.807) is 6.92 Å². The predicted octanol–water partition coefficient (Wildman–Crippen LogP) is 1.64. The summed E-state index contributed by atoms with van der Waals surface area (Å²) in [5.74, 6) is 0.0566. The van der Waals surface area contributed by atoms with Gasteiger partial charge in [-0.25, -0.2) is 0 Å². The molecule has 1 atom stereocenters. The topological polar surface area (TPSA) is 32.3 Å². The van der Waals surface area contributed by atoms with Gasteiger partial charge in [-0.05, 0) is 31.4 Å². The highest BCUT2D eigenvalue weighted by atomic mass is 16.1. The molecule has 1 aliphatic rings. The molecule has 3 heteroatoms. The van der Waals surface area contributed by atoms with Gasteiger partial charge in [0.15, 0.2) is 0 Å². The summed E-state index contributed by atoms with van der Waals surface area (Å²) in [6.07, 6.45) is 4.34. The zero-order chi connectivity index (χ0) is 12.8. The van der Waals surface area contributed by atoms with Crippen molar-refractivity contribution < 1.29 is 4.79 Å². The van der Waals surface area contributed by atoms with E-state index in [0.29, 0.717) is 0 Å². The van der Waals surface area contributed by atoms with Crippen molar-refractivity contribution in [2.24, 2.45) is 0 Å². The molecule has 0 bridgehead atoms. The standard InChI is InChI=1S/C15H21N2O/c1-13(18)16-15-8-5-10-17(12-15)11-9-14-6-3-2-4-7-14/h2-4,6-8,15H,5,9-12H2,1H3,(H,16,18). The first-order chi connectivity index (χ1) is 8.74. The van der Waals surface area contributed by atoms with Crippen molar-refractivity contribution in [1.29, 1.82) is 0 Å². The van der Waals surface area contributed by atoms with E-state index in [9.17, 15) is 4.79 Å². The first kappa shape index (κ1) is 13.1. The Morgan fingerprint density at radius 1 is 1.39 bits per heavy atom. The van der Waals surface area contributed by atoms with Crippen molar-refractivity contribution in [3.8, 4) is 0 Å². The maximum absolute atomic E-state index is 11.0. The molecule has 1 aliphatic heterocycles. The van der Waals surface area contributed by atoms with Gasteiger partial charge < -0.3 is 10.2 Å². The monoisotopic (exact) mass is 245 g/mol. The number of nitrogens with zero attached hydrogens (tertiary/aromatic N) is 1. The minimum atomic E-state index is 0.0566. The van der Waals surface area contributed by atoms with Crippen LogP contribution in [-0.2, 0) is 11.2 Å². The number of hydrogen-bond donors (Lipinski definition) is 1. The van der Waals surface area contributed by atoms with Crippen LogP contribution in [-0.4, -0.2) is 36.5 Å². The fourth-order valence-corrected chi connectivity index (χ4v) is 2.40. The number of likely N-dealkylation sites (tertiary alicyclic amines) is 1. The van der Waals surface area contributed by atoms with Crippen LogP contribution < -0.4 is 5.32 Å². The van der Waals surface area contributed by atoms with E-state index in [1.165, 1.54) is 5.56 Å². The van der Waals surface area contributed by atoms with Crippen LogP contribution in [0.3, 0.4) is 0 Å². The van der Waals surface area contributed by atoms with Crippen molar-refractivity contribution in [3.05, 3.63) is 42.3 Å². The van der Waals surface area contributed by atoms with Crippen LogP contribution in [0.25, 0.3) is 0 Å². The Balaban J connectivity index is 1.77. The molecule has 1 amide bonds. The minimum Gasteiger partial charge on any atom is -0.352 e. The Morgan fingerprint density at radius 3 is 2.89 bits per heavy atom. The smallest absolute Gasteiger partial charge is 0.217 e. The number of nitrogens with one attached hydrogen (secondary N) is 1. The molecule has 1 saturated heterocycles. The zero-order valence-electron chi connectivity index (χ0n) is 10.9. The largest absolute Gasteiger partial charge is 0.352 e. The minimum absolute atomic E-state index is 0.0566. The van der Waals surface area contributed by atoms with Gasteiger partial charge in [-0.1, -0.05) is 30.3 Å². The third-order valence-electron chi connectivity index (χ3n) is 3.30. The molecular weight excluding hydrogens is 224 g/mol. The molecule has 97 valence electrons. The predicted molar refractivity (Wildman–Crippen MR) is 73.1 cm³/mol. The van der Waals surface area contributed by atoms with Crippen LogP contribution in [0.5, 0.6) is 0 Å². The molecule has 1 heterocycles. The van der Waals surface area contributed by atoms with Crippen molar-refractivity contribution in [1.82, 2.24) is 10.2 Å². The third kappa shape index (κ3) is 4.15. The molecule has 0 aliphatic carbocycles. The normalized spacial score (nSPS) is 20.6. The highest BCUT2D eigenvalue weighted by Crippen LogP contribution is 2.10. The maximum atomic E-state index is 11.0. The lowest BCUT2D eigenvalue weighted by molar-refractivity contribution is -0.119. The van der Waals surface area contributed by atoms with Gasteiger partial charge in [0, 0.05) is 26.1 Å². The second kappa shape index (κ2) is 6.55. The van der Waals surface area contributed by atoms with Gasteiger partial charge in [-0.3, -0.25) is 4.79 Å². The third-order valence-corrected chi connectivity index (χ3v) is 3.30. The van der Waals surface area contributed by atoms with Gasteiger partial charge in [0.25, 0.3) is 0 Å². The summed E-state index contributed by atoms with van der Waals surface area (Å²) in [7, 11) is 0. The Bertz CT molecular complexity index is 377. The second-order valence-electron chi connectivity index (χ2n) is 4.87. The van der Waals surface area contributed by atoms with Crippen molar-refractivity contribution in [3.63, 3.8) is 0 Å². The number of carbonyl (C=O) groups excluding carboxylic acids is 1. The van der Waals surface area contributed by atoms with E-state index in [2.05, 4.69) is 40.9 Å². The molecule has 0 aromatic heterocycles. The fourth-order valence-electron chi connectivity index (χ4n) is 2.40. The highest BCUT2D eigenvalue weighted by molar-refractivity contribution is 5.73. The number of amides is 1. The number of carbonyl (C=O) groups is 1. The van der Waals surface area contributed by atoms with Crippen molar-refractivity contribution in [2.45, 2.75) is 25.8 Å². The van der Waals surface area contributed by atoms with Gasteiger partial charge in [-0.2, -0.15) is 0 Å². The molecule has 1 fully saturated rings. The summed E-state index contributed by atoms with van der Waals surface area (Å²) in [6.45, 7) is 4.68. The van der Waals surface area contributed by atoms with E-state index in [1.807, 2.05) is 6.07 Å².